The molecule has 0 atom stereocenters. The van der Waals surface area contributed by atoms with Crippen molar-refractivity contribution in [3.05, 3.63) is 76.6 Å². The summed E-state index contributed by atoms with van der Waals surface area (Å²) >= 11 is 1.49. The van der Waals surface area contributed by atoms with E-state index in [1.807, 2.05) is 42.5 Å². The van der Waals surface area contributed by atoms with E-state index >= 15 is 0 Å². The van der Waals surface area contributed by atoms with Gasteiger partial charge in [0.1, 0.15) is 6.20 Å². The van der Waals surface area contributed by atoms with Gasteiger partial charge in [-0.25, -0.2) is 0 Å². The standard InChI is InChI=1S/C17H14N4O3S/c1-20-11-14(21(23)24)16(19-20)17(22)18-13-9-5-6-10-15(13)25-12-7-3-2-4-8-12/h2-11H,1H3,(H,18,22). The Kier molecular flexibility index (Phi) is 4.80. The highest BCUT2D eigenvalue weighted by atomic mass is 32.2. The second-order valence-electron chi connectivity index (χ2n) is 5.16. The third kappa shape index (κ3) is 3.86. The molecule has 0 saturated heterocycles. The number of nitro groups is 1. The first kappa shape index (κ1) is 16.7. The summed E-state index contributed by atoms with van der Waals surface area (Å²) in [5.74, 6) is -0.617. The average Bonchev–Trinajstić information content (AvgIpc) is 3.00. The summed E-state index contributed by atoms with van der Waals surface area (Å²) in [4.78, 5) is 24.8. The SMILES string of the molecule is Cn1cc([N+](=O)[O-])c(C(=O)Nc2ccccc2Sc2ccccc2)n1. The van der Waals surface area contributed by atoms with Crippen molar-refractivity contribution in [2.75, 3.05) is 5.32 Å². The molecule has 0 bridgehead atoms. The highest BCUT2D eigenvalue weighted by molar-refractivity contribution is 7.99. The number of hydrogen-bond donors (Lipinski definition) is 1. The first-order valence-electron chi connectivity index (χ1n) is 7.36. The van der Waals surface area contributed by atoms with Crippen LogP contribution in [-0.4, -0.2) is 20.6 Å². The summed E-state index contributed by atoms with van der Waals surface area (Å²) in [7, 11) is 1.53. The molecule has 25 heavy (non-hydrogen) atoms. The minimum absolute atomic E-state index is 0.216. The van der Waals surface area contributed by atoms with E-state index in [9.17, 15) is 14.9 Å². The van der Waals surface area contributed by atoms with Crippen molar-refractivity contribution in [3.8, 4) is 0 Å². The first-order chi connectivity index (χ1) is 12.0. The Balaban J connectivity index is 1.86. The largest absolute Gasteiger partial charge is 0.320 e. The van der Waals surface area contributed by atoms with Crippen molar-refractivity contribution in [2.45, 2.75) is 9.79 Å². The lowest BCUT2D eigenvalue weighted by Gasteiger charge is -2.09. The maximum atomic E-state index is 12.5. The predicted octanol–water partition coefficient (Wildman–Crippen LogP) is 3.73. The average molecular weight is 354 g/mol. The van der Waals surface area contributed by atoms with Crippen LogP contribution >= 0.6 is 11.8 Å². The van der Waals surface area contributed by atoms with Gasteiger partial charge in [0.15, 0.2) is 0 Å². The first-order valence-corrected chi connectivity index (χ1v) is 8.17. The van der Waals surface area contributed by atoms with Gasteiger partial charge in [-0.05, 0) is 24.3 Å². The molecule has 0 unspecified atom stereocenters. The number of nitrogens with zero attached hydrogens (tertiary/aromatic N) is 3. The van der Waals surface area contributed by atoms with Crippen LogP contribution in [0.25, 0.3) is 0 Å². The monoisotopic (exact) mass is 354 g/mol. The quantitative estimate of drug-likeness (QED) is 0.557. The van der Waals surface area contributed by atoms with Crippen LogP contribution in [-0.2, 0) is 7.05 Å². The number of nitrogens with one attached hydrogen (secondary N) is 1. The molecule has 1 N–H and O–H groups in total. The number of anilines is 1. The molecule has 0 aliphatic carbocycles. The highest BCUT2D eigenvalue weighted by Crippen LogP contribution is 2.33. The molecule has 0 saturated carbocycles. The van der Waals surface area contributed by atoms with E-state index in [4.69, 9.17) is 0 Å². The molecule has 3 aromatic rings. The van der Waals surface area contributed by atoms with Crippen LogP contribution in [0.2, 0.25) is 0 Å². The second-order valence-corrected chi connectivity index (χ2v) is 6.27. The normalized spacial score (nSPS) is 10.4. The molecule has 1 amide bonds. The Labute approximate surface area is 147 Å². The number of rotatable bonds is 5. The maximum absolute atomic E-state index is 12.5. The van der Waals surface area contributed by atoms with E-state index in [0.29, 0.717) is 5.69 Å². The zero-order valence-electron chi connectivity index (χ0n) is 13.2. The third-order valence-corrected chi connectivity index (χ3v) is 4.41. The molecular weight excluding hydrogens is 340 g/mol. The summed E-state index contributed by atoms with van der Waals surface area (Å²) in [5.41, 5.74) is 0.0292. The number of benzene rings is 2. The zero-order valence-corrected chi connectivity index (χ0v) is 14.1. The summed E-state index contributed by atoms with van der Waals surface area (Å²) in [5, 5.41) is 17.7. The minimum atomic E-state index is -0.619. The molecule has 126 valence electrons. The van der Waals surface area contributed by atoms with E-state index in [1.165, 1.54) is 29.7 Å². The van der Waals surface area contributed by atoms with E-state index in [0.717, 1.165) is 9.79 Å². The van der Waals surface area contributed by atoms with Gasteiger partial charge in [-0.3, -0.25) is 19.6 Å². The predicted molar refractivity (Wildman–Crippen MR) is 94.8 cm³/mol. The van der Waals surface area contributed by atoms with Crippen LogP contribution < -0.4 is 5.32 Å². The van der Waals surface area contributed by atoms with Gasteiger partial charge in [-0.2, -0.15) is 5.10 Å². The van der Waals surface area contributed by atoms with E-state index in [1.54, 1.807) is 12.1 Å². The highest BCUT2D eigenvalue weighted by Gasteiger charge is 2.25. The molecular formula is C17H14N4O3S. The van der Waals surface area contributed by atoms with Crippen molar-refractivity contribution in [2.24, 2.45) is 7.05 Å². The smallest absolute Gasteiger partial charge is 0.319 e. The zero-order chi connectivity index (χ0) is 17.8. The Hall–Kier alpha value is -3.13. The van der Waals surface area contributed by atoms with Crippen LogP contribution in [0, 0.1) is 10.1 Å². The molecule has 2 aromatic carbocycles. The lowest BCUT2D eigenvalue weighted by atomic mass is 10.3. The van der Waals surface area contributed by atoms with E-state index in [-0.39, 0.29) is 11.4 Å². The molecule has 3 rings (SSSR count). The number of aromatic nitrogens is 2. The number of hydrogen-bond acceptors (Lipinski definition) is 5. The molecule has 0 aliphatic rings. The lowest BCUT2D eigenvalue weighted by molar-refractivity contribution is -0.385. The van der Waals surface area contributed by atoms with Crippen molar-refractivity contribution < 1.29 is 9.72 Å². The van der Waals surface area contributed by atoms with Gasteiger partial charge in [0.05, 0.1) is 10.6 Å². The Morgan fingerprint density at radius 2 is 1.84 bits per heavy atom. The summed E-state index contributed by atoms with van der Waals surface area (Å²) in [6.07, 6.45) is 1.21. The summed E-state index contributed by atoms with van der Waals surface area (Å²) in [6.45, 7) is 0. The Morgan fingerprint density at radius 3 is 2.56 bits per heavy atom. The molecule has 1 aromatic heterocycles. The lowest BCUT2D eigenvalue weighted by Crippen LogP contribution is -2.15. The molecule has 7 nitrogen and oxygen atoms in total. The maximum Gasteiger partial charge on any atom is 0.320 e. The van der Waals surface area contributed by atoms with Crippen molar-refractivity contribution in [1.29, 1.82) is 0 Å². The van der Waals surface area contributed by atoms with Crippen molar-refractivity contribution in [3.63, 3.8) is 0 Å². The fourth-order valence-electron chi connectivity index (χ4n) is 2.23. The molecule has 0 fully saturated rings. The van der Waals surface area contributed by atoms with Crippen LogP contribution in [0.15, 0.2) is 70.6 Å². The summed E-state index contributed by atoms with van der Waals surface area (Å²) < 4.78 is 1.25. The third-order valence-electron chi connectivity index (χ3n) is 3.33. The van der Waals surface area contributed by atoms with Gasteiger partial charge in [-0.1, -0.05) is 42.1 Å². The van der Waals surface area contributed by atoms with Gasteiger partial charge in [0, 0.05) is 16.8 Å². The van der Waals surface area contributed by atoms with Crippen molar-refractivity contribution >= 4 is 29.0 Å². The fraction of sp³-hybridized carbons (Fsp3) is 0.0588. The van der Waals surface area contributed by atoms with Gasteiger partial charge < -0.3 is 5.32 Å². The van der Waals surface area contributed by atoms with Crippen LogP contribution in [0.1, 0.15) is 10.5 Å². The number of carbonyl (C=O) groups excluding carboxylic acids is 1. The molecule has 1 heterocycles. The Morgan fingerprint density at radius 1 is 1.16 bits per heavy atom. The Bertz CT molecular complexity index is 925. The van der Waals surface area contributed by atoms with Gasteiger partial charge in [0.2, 0.25) is 5.69 Å². The molecule has 0 spiro atoms. The number of aryl methyl sites for hydroxylation is 1. The fourth-order valence-corrected chi connectivity index (χ4v) is 3.15. The number of amides is 1. The van der Waals surface area contributed by atoms with Crippen LogP contribution in [0.5, 0.6) is 0 Å². The number of para-hydroxylation sites is 1. The summed E-state index contributed by atoms with van der Waals surface area (Å²) in [6, 6.07) is 17.0. The van der Waals surface area contributed by atoms with Crippen molar-refractivity contribution in [1.82, 2.24) is 9.78 Å². The van der Waals surface area contributed by atoms with Crippen LogP contribution in [0.4, 0.5) is 11.4 Å². The van der Waals surface area contributed by atoms with E-state index < -0.39 is 10.8 Å². The second kappa shape index (κ2) is 7.18. The van der Waals surface area contributed by atoms with Gasteiger partial charge in [0.25, 0.3) is 5.91 Å². The van der Waals surface area contributed by atoms with Gasteiger partial charge in [-0.15, -0.1) is 0 Å². The molecule has 8 heteroatoms. The number of carbonyl (C=O) groups is 1. The molecule has 0 radical (unpaired) electrons. The van der Waals surface area contributed by atoms with Gasteiger partial charge >= 0.3 is 5.69 Å². The van der Waals surface area contributed by atoms with Crippen LogP contribution in [0.3, 0.4) is 0 Å². The minimum Gasteiger partial charge on any atom is -0.319 e. The van der Waals surface area contributed by atoms with E-state index in [2.05, 4.69) is 10.4 Å². The molecule has 0 aliphatic heterocycles. The topological polar surface area (TPSA) is 90.1 Å².